The summed E-state index contributed by atoms with van der Waals surface area (Å²) in [5.74, 6) is 0.534. The summed E-state index contributed by atoms with van der Waals surface area (Å²) in [5, 5.41) is 3.33. The molecular formula is C12H14ClNO3S2. The van der Waals surface area contributed by atoms with E-state index in [2.05, 4.69) is 5.32 Å². The van der Waals surface area contributed by atoms with E-state index in [1.165, 1.54) is 11.8 Å². The lowest BCUT2D eigenvalue weighted by atomic mass is 10.3. The Balaban J connectivity index is 1.79. The van der Waals surface area contributed by atoms with Crippen molar-refractivity contribution in [3.8, 4) is 0 Å². The van der Waals surface area contributed by atoms with Crippen LogP contribution in [0.3, 0.4) is 0 Å². The highest BCUT2D eigenvalue weighted by atomic mass is 35.5. The van der Waals surface area contributed by atoms with Crippen LogP contribution in [-0.4, -0.2) is 36.8 Å². The molecule has 0 aliphatic carbocycles. The Bertz CT molecular complexity index is 574. The first-order valence-electron chi connectivity index (χ1n) is 5.82. The molecule has 1 aromatic rings. The number of hydrogen-bond donors (Lipinski definition) is 1. The molecule has 104 valence electrons. The van der Waals surface area contributed by atoms with E-state index in [-0.39, 0.29) is 28.4 Å². The molecule has 19 heavy (non-hydrogen) atoms. The standard InChI is InChI=1S/C12H14ClNO3S2/c13-9-2-1-3-10(6-9)14-12(15)7-18-11-4-5-19(16,17)8-11/h1-3,6,11H,4-5,7-8H2,(H,14,15)/t11-/m0/s1. The third-order valence-corrected chi connectivity index (χ3v) is 6.27. The van der Waals surface area contributed by atoms with Crippen molar-refractivity contribution in [1.82, 2.24) is 0 Å². The normalized spacial score (nSPS) is 21.2. The summed E-state index contributed by atoms with van der Waals surface area (Å²) in [4.78, 5) is 11.7. The fourth-order valence-electron chi connectivity index (χ4n) is 1.85. The maximum atomic E-state index is 11.7. The van der Waals surface area contributed by atoms with Gasteiger partial charge >= 0.3 is 0 Å². The Morgan fingerprint density at radius 2 is 2.26 bits per heavy atom. The molecule has 4 nitrogen and oxygen atoms in total. The van der Waals surface area contributed by atoms with Crippen LogP contribution in [0.2, 0.25) is 5.02 Å². The molecule has 0 radical (unpaired) electrons. The second-order valence-corrected chi connectivity index (χ2v) is 8.35. The van der Waals surface area contributed by atoms with Crippen molar-refractivity contribution in [3.63, 3.8) is 0 Å². The molecule has 2 rings (SSSR count). The number of sulfone groups is 1. The predicted octanol–water partition coefficient (Wildman–Crippen LogP) is 2.20. The summed E-state index contributed by atoms with van der Waals surface area (Å²) < 4.78 is 22.6. The Labute approximate surface area is 121 Å². The predicted molar refractivity (Wildman–Crippen MR) is 79.6 cm³/mol. The van der Waals surface area contributed by atoms with Gasteiger partial charge in [-0.1, -0.05) is 17.7 Å². The van der Waals surface area contributed by atoms with Crippen molar-refractivity contribution in [2.75, 3.05) is 22.6 Å². The average Bonchev–Trinajstić information content (AvgIpc) is 2.66. The van der Waals surface area contributed by atoms with Gasteiger partial charge in [-0.3, -0.25) is 4.79 Å². The Morgan fingerprint density at radius 1 is 1.47 bits per heavy atom. The van der Waals surface area contributed by atoms with Crippen molar-refractivity contribution in [1.29, 1.82) is 0 Å². The average molecular weight is 320 g/mol. The monoisotopic (exact) mass is 319 g/mol. The first-order chi connectivity index (χ1) is 8.94. The van der Waals surface area contributed by atoms with E-state index in [4.69, 9.17) is 11.6 Å². The Morgan fingerprint density at radius 3 is 2.89 bits per heavy atom. The summed E-state index contributed by atoms with van der Waals surface area (Å²) in [7, 11) is -2.88. The molecule has 1 saturated heterocycles. The number of thioether (sulfide) groups is 1. The molecule has 1 aromatic carbocycles. The van der Waals surface area contributed by atoms with Gasteiger partial charge in [-0.2, -0.15) is 0 Å². The summed E-state index contributed by atoms with van der Waals surface area (Å²) in [6.45, 7) is 0. The van der Waals surface area contributed by atoms with Crippen molar-refractivity contribution in [2.45, 2.75) is 11.7 Å². The molecule has 0 bridgehead atoms. The van der Waals surface area contributed by atoms with Crippen LogP contribution in [0.15, 0.2) is 24.3 Å². The van der Waals surface area contributed by atoms with E-state index < -0.39 is 9.84 Å². The largest absolute Gasteiger partial charge is 0.325 e. The van der Waals surface area contributed by atoms with E-state index in [0.717, 1.165) is 0 Å². The third-order valence-electron chi connectivity index (χ3n) is 2.75. The molecule has 0 aromatic heterocycles. The maximum Gasteiger partial charge on any atom is 0.234 e. The third kappa shape index (κ3) is 4.71. The van der Waals surface area contributed by atoms with Gasteiger partial charge in [-0.25, -0.2) is 8.42 Å². The summed E-state index contributed by atoms with van der Waals surface area (Å²) in [6.07, 6.45) is 0.636. The number of benzene rings is 1. The van der Waals surface area contributed by atoms with Crippen LogP contribution in [0, 0.1) is 0 Å². The highest BCUT2D eigenvalue weighted by Gasteiger charge is 2.28. The molecule has 1 fully saturated rings. The van der Waals surface area contributed by atoms with Gasteiger partial charge in [0.1, 0.15) is 0 Å². The summed E-state index contributed by atoms with van der Waals surface area (Å²) in [5.41, 5.74) is 0.650. The van der Waals surface area contributed by atoms with Gasteiger partial charge in [0.25, 0.3) is 0 Å². The number of rotatable bonds is 4. The zero-order valence-electron chi connectivity index (χ0n) is 10.1. The highest BCUT2D eigenvalue weighted by molar-refractivity contribution is 8.02. The lowest BCUT2D eigenvalue weighted by Gasteiger charge is -2.08. The summed E-state index contributed by atoms with van der Waals surface area (Å²) in [6, 6.07) is 6.92. The maximum absolute atomic E-state index is 11.7. The van der Waals surface area contributed by atoms with E-state index in [1.807, 2.05) is 0 Å². The lowest BCUT2D eigenvalue weighted by molar-refractivity contribution is -0.113. The van der Waals surface area contributed by atoms with Crippen molar-refractivity contribution >= 4 is 44.8 Å². The van der Waals surface area contributed by atoms with Gasteiger partial charge in [0.2, 0.25) is 5.91 Å². The molecule has 0 unspecified atom stereocenters. The van der Waals surface area contributed by atoms with E-state index in [1.54, 1.807) is 24.3 Å². The number of anilines is 1. The molecule has 1 atom stereocenters. The first kappa shape index (κ1) is 14.7. The number of carbonyl (C=O) groups is 1. The second-order valence-electron chi connectivity index (χ2n) is 4.39. The first-order valence-corrected chi connectivity index (χ1v) is 9.07. The van der Waals surface area contributed by atoms with Crippen molar-refractivity contribution < 1.29 is 13.2 Å². The van der Waals surface area contributed by atoms with Crippen molar-refractivity contribution in [2.24, 2.45) is 0 Å². The molecule has 0 spiro atoms. The van der Waals surface area contributed by atoms with Gasteiger partial charge in [0, 0.05) is 16.0 Å². The van der Waals surface area contributed by atoms with Gasteiger partial charge in [-0.15, -0.1) is 11.8 Å². The van der Waals surface area contributed by atoms with Gasteiger partial charge in [0.15, 0.2) is 9.84 Å². The van der Waals surface area contributed by atoms with Crippen LogP contribution >= 0.6 is 23.4 Å². The van der Waals surface area contributed by atoms with Crippen LogP contribution in [-0.2, 0) is 14.6 Å². The number of halogens is 1. The van der Waals surface area contributed by atoms with Crippen molar-refractivity contribution in [3.05, 3.63) is 29.3 Å². The van der Waals surface area contributed by atoms with E-state index in [0.29, 0.717) is 17.1 Å². The van der Waals surface area contributed by atoms with Gasteiger partial charge in [0.05, 0.1) is 17.3 Å². The van der Waals surface area contributed by atoms with Gasteiger partial charge in [-0.05, 0) is 24.6 Å². The van der Waals surface area contributed by atoms with E-state index in [9.17, 15) is 13.2 Å². The molecule has 7 heteroatoms. The summed E-state index contributed by atoms with van der Waals surface area (Å²) >= 11 is 7.21. The Kier molecular flexibility index (Phi) is 4.76. The number of hydrogen-bond acceptors (Lipinski definition) is 4. The molecular weight excluding hydrogens is 306 g/mol. The molecule has 1 heterocycles. The fraction of sp³-hybridized carbons (Fsp3) is 0.417. The Hall–Kier alpha value is -0.720. The number of amides is 1. The lowest BCUT2D eigenvalue weighted by Crippen LogP contribution is -2.17. The molecule has 1 aliphatic rings. The quantitative estimate of drug-likeness (QED) is 0.924. The minimum atomic E-state index is -2.88. The molecule has 1 aliphatic heterocycles. The van der Waals surface area contributed by atoms with Gasteiger partial charge < -0.3 is 5.32 Å². The highest BCUT2D eigenvalue weighted by Crippen LogP contribution is 2.24. The van der Waals surface area contributed by atoms with Crippen LogP contribution in [0.5, 0.6) is 0 Å². The van der Waals surface area contributed by atoms with Crippen LogP contribution in [0.25, 0.3) is 0 Å². The van der Waals surface area contributed by atoms with Crippen LogP contribution < -0.4 is 5.32 Å². The number of nitrogens with one attached hydrogen (secondary N) is 1. The fourth-order valence-corrected chi connectivity index (χ4v) is 5.48. The van der Waals surface area contributed by atoms with Crippen LogP contribution in [0.1, 0.15) is 6.42 Å². The second kappa shape index (κ2) is 6.15. The minimum Gasteiger partial charge on any atom is -0.325 e. The number of carbonyl (C=O) groups excluding carboxylic acids is 1. The van der Waals surface area contributed by atoms with Crippen LogP contribution in [0.4, 0.5) is 5.69 Å². The molecule has 1 amide bonds. The minimum absolute atomic E-state index is 0.0371. The smallest absolute Gasteiger partial charge is 0.234 e. The molecule has 0 saturated carbocycles. The van der Waals surface area contributed by atoms with E-state index >= 15 is 0 Å². The topological polar surface area (TPSA) is 63.2 Å². The SMILES string of the molecule is O=C(CS[C@H]1CCS(=O)(=O)C1)Nc1cccc(Cl)c1. The zero-order chi connectivity index (χ0) is 13.9. The zero-order valence-corrected chi connectivity index (χ0v) is 12.5. The molecule has 1 N–H and O–H groups in total.